The molecule has 0 aromatic heterocycles. The van der Waals surface area contributed by atoms with Gasteiger partial charge in [0.1, 0.15) is 24.4 Å². The van der Waals surface area contributed by atoms with Gasteiger partial charge >= 0.3 is 0 Å². The highest BCUT2D eigenvalue weighted by molar-refractivity contribution is 5.73. The maximum Gasteiger partial charge on any atom is 0.217 e. The van der Waals surface area contributed by atoms with E-state index in [4.69, 9.17) is 18.9 Å². The summed E-state index contributed by atoms with van der Waals surface area (Å²) in [6, 6.07) is 9.14. The summed E-state index contributed by atoms with van der Waals surface area (Å²) in [7, 11) is 0. The number of aliphatic hydroxyl groups is 1. The fraction of sp³-hybridized carbons (Fsp3) is 0.611. The summed E-state index contributed by atoms with van der Waals surface area (Å²) < 4.78 is 23.6. The Morgan fingerprint density at radius 3 is 2.56 bits per heavy atom. The van der Waals surface area contributed by atoms with Crippen molar-refractivity contribution < 1.29 is 28.8 Å². The molecule has 7 heteroatoms. The molecule has 2 fully saturated rings. The Kier molecular flexibility index (Phi) is 5.41. The second kappa shape index (κ2) is 7.39. The predicted molar refractivity (Wildman–Crippen MR) is 88.4 cm³/mol. The zero-order valence-corrected chi connectivity index (χ0v) is 14.7. The normalized spacial score (nSPS) is 33.7. The van der Waals surface area contributed by atoms with E-state index in [-0.39, 0.29) is 12.5 Å². The molecule has 0 aliphatic carbocycles. The topological polar surface area (TPSA) is 86.3 Å². The van der Waals surface area contributed by atoms with Crippen molar-refractivity contribution in [2.75, 3.05) is 6.61 Å². The van der Waals surface area contributed by atoms with E-state index in [0.717, 1.165) is 5.56 Å². The monoisotopic (exact) mass is 351 g/mol. The molecule has 2 aliphatic heterocycles. The molecule has 0 saturated carbocycles. The SMILES string of the molecule is CC(=O)NC1C(OCc2ccccc2)OC(CO)C2OC(C)(C)OC12. The first-order chi connectivity index (χ1) is 11.9. The molecule has 5 atom stereocenters. The summed E-state index contributed by atoms with van der Waals surface area (Å²) in [4.78, 5) is 11.7. The van der Waals surface area contributed by atoms with Crippen molar-refractivity contribution >= 4 is 5.91 Å². The summed E-state index contributed by atoms with van der Waals surface area (Å²) in [5.41, 5.74) is 0.985. The molecule has 7 nitrogen and oxygen atoms in total. The van der Waals surface area contributed by atoms with E-state index < -0.39 is 36.4 Å². The Morgan fingerprint density at radius 2 is 1.92 bits per heavy atom. The first kappa shape index (κ1) is 18.3. The van der Waals surface area contributed by atoms with Gasteiger partial charge < -0.3 is 29.4 Å². The number of benzene rings is 1. The number of ether oxygens (including phenoxy) is 4. The molecule has 2 N–H and O–H groups in total. The van der Waals surface area contributed by atoms with Crippen LogP contribution in [0.5, 0.6) is 0 Å². The molecule has 0 radical (unpaired) electrons. The highest BCUT2D eigenvalue weighted by Crippen LogP contribution is 2.37. The van der Waals surface area contributed by atoms with Gasteiger partial charge in [0.25, 0.3) is 0 Å². The van der Waals surface area contributed by atoms with Crippen LogP contribution in [-0.2, 0) is 30.3 Å². The molecule has 138 valence electrons. The average molecular weight is 351 g/mol. The third kappa shape index (κ3) is 4.19. The molecule has 1 aromatic rings. The Hall–Kier alpha value is -1.51. The molecule has 25 heavy (non-hydrogen) atoms. The zero-order valence-electron chi connectivity index (χ0n) is 14.7. The van der Waals surface area contributed by atoms with Gasteiger partial charge in [0.2, 0.25) is 5.91 Å². The minimum absolute atomic E-state index is 0.212. The number of aliphatic hydroxyl groups excluding tert-OH is 1. The third-order valence-electron chi connectivity index (χ3n) is 4.29. The van der Waals surface area contributed by atoms with E-state index in [9.17, 15) is 9.90 Å². The number of carbonyl (C=O) groups is 1. The van der Waals surface area contributed by atoms with E-state index in [1.165, 1.54) is 6.92 Å². The summed E-state index contributed by atoms with van der Waals surface area (Å²) in [5.74, 6) is -1.03. The Morgan fingerprint density at radius 1 is 1.24 bits per heavy atom. The van der Waals surface area contributed by atoms with Crippen LogP contribution in [0.2, 0.25) is 0 Å². The van der Waals surface area contributed by atoms with Crippen LogP contribution in [0.25, 0.3) is 0 Å². The summed E-state index contributed by atoms with van der Waals surface area (Å²) in [6.07, 6.45) is -2.28. The Balaban J connectivity index is 1.78. The number of carbonyl (C=O) groups excluding carboxylic acids is 1. The fourth-order valence-electron chi connectivity index (χ4n) is 3.30. The Labute approximate surface area is 147 Å². The highest BCUT2D eigenvalue weighted by Gasteiger charge is 2.55. The molecule has 1 amide bonds. The van der Waals surface area contributed by atoms with Crippen LogP contribution in [0, 0.1) is 0 Å². The van der Waals surface area contributed by atoms with Gasteiger partial charge in [-0.2, -0.15) is 0 Å². The van der Waals surface area contributed by atoms with Crippen LogP contribution < -0.4 is 5.32 Å². The van der Waals surface area contributed by atoms with Gasteiger partial charge in [-0.15, -0.1) is 0 Å². The smallest absolute Gasteiger partial charge is 0.217 e. The van der Waals surface area contributed by atoms with E-state index in [1.54, 1.807) is 13.8 Å². The Bertz CT molecular complexity index is 592. The van der Waals surface area contributed by atoms with Crippen LogP contribution in [0.3, 0.4) is 0 Å². The van der Waals surface area contributed by atoms with Crippen molar-refractivity contribution in [3.05, 3.63) is 35.9 Å². The van der Waals surface area contributed by atoms with Gasteiger partial charge in [0, 0.05) is 6.92 Å². The van der Waals surface area contributed by atoms with Crippen molar-refractivity contribution in [2.45, 2.75) is 63.8 Å². The summed E-state index contributed by atoms with van der Waals surface area (Å²) in [5, 5.41) is 12.5. The minimum Gasteiger partial charge on any atom is -0.394 e. The largest absolute Gasteiger partial charge is 0.394 e. The second-order valence-electron chi connectivity index (χ2n) is 6.81. The van der Waals surface area contributed by atoms with Crippen LogP contribution in [0.15, 0.2) is 30.3 Å². The standard InChI is InChI=1S/C18H25NO6/c1-11(21)19-14-16-15(24-18(2,3)25-16)13(9-20)23-17(14)22-10-12-7-5-4-6-8-12/h4-8,13-17,20H,9-10H2,1-3H3,(H,19,21). The minimum atomic E-state index is -0.822. The summed E-state index contributed by atoms with van der Waals surface area (Å²) in [6.45, 7) is 5.12. The number of nitrogens with one attached hydrogen (secondary N) is 1. The summed E-state index contributed by atoms with van der Waals surface area (Å²) >= 11 is 0. The molecule has 5 unspecified atom stereocenters. The van der Waals surface area contributed by atoms with Crippen LogP contribution >= 0.6 is 0 Å². The van der Waals surface area contributed by atoms with Gasteiger partial charge in [-0.1, -0.05) is 30.3 Å². The van der Waals surface area contributed by atoms with E-state index in [0.29, 0.717) is 6.61 Å². The number of fused-ring (bicyclic) bond motifs is 1. The molecular weight excluding hydrogens is 326 g/mol. The quantitative estimate of drug-likeness (QED) is 0.821. The number of rotatable bonds is 5. The maximum atomic E-state index is 11.7. The van der Waals surface area contributed by atoms with E-state index in [1.807, 2.05) is 30.3 Å². The van der Waals surface area contributed by atoms with Crippen molar-refractivity contribution in [3.63, 3.8) is 0 Å². The first-order valence-electron chi connectivity index (χ1n) is 8.44. The van der Waals surface area contributed by atoms with Crippen molar-refractivity contribution in [1.29, 1.82) is 0 Å². The van der Waals surface area contributed by atoms with Gasteiger partial charge in [0.15, 0.2) is 12.1 Å². The highest BCUT2D eigenvalue weighted by atomic mass is 16.8. The molecule has 2 heterocycles. The van der Waals surface area contributed by atoms with Crippen molar-refractivity contribution in [2.24, 2.45) is 0 Å². The number of hydrogen-bond acceptors (Lipinski definition) is 6. The molecule has 0 spiro atoms. The number of amides is 1. The molecule has 2 saturated heterocycles. The molecule has 3 rings (SSSR count). The molecule has 2 aliphatic rings. The lowest BCUT2D eigenvalue weighted by molar-refractivity contribution is -0.254. The van der Waals surface area contributed by atoms with Gasteiger partial charge in [-0.05, 0) is 19.4 Å². The average Bonchev–Trinajstić information content (AvgIpc) is 2.90. The fourth-order valence-corrected chi connectivity index (χ4v) is 3.30. The van der Waals surface area contributed by atoms with Crippen LogP contribution in [0.4, 0.5) is 0 Å². The second-order valence-corrected chi connectivity index (χ2v) is 6.81. The van der Waals surface area contributed by atoms with Crippen molar-refractivity contribution in [1.82, 2.24) is 5.32 Å². The van der Waals surface area contributed by atoms with Crippen LogP contribution in [0.1, 0.15) is 26.3 Å². The van der Waals surface area contributed by atoms with Gasteiger partial charge in [-0.25, -0.2) is 0 Å². The van der Waals surface area contributed by atoms with Crippen molar-refractivity contribution in [3.8, 4) is 0 Å². The first-order valence-corrected chi connectivity index (χ1v) is 8.44. The lowest BCUT2D eigenvalue weighted by Crippen LogP contribution is -2.63. The lowest BCUT2D eigenvalue weighted by atomic mass is 9.97. The number of hydrogen-bond donors (Lipinski definition) is 2. The van der Waals surface area contributed by atoms with Crippen LogP contribution in [-0.4, -0.2) is 54.1 Å². The van der Waals surface area contributed by atoms with E-state index in [2.05, 4.69) is 5.32 Å². The predicted octanol–water partition coefficient (Wildman–Crippen LogP) is 0.945. The maximum absolute atomic E-state index is 11.7. The van der Waals surface area contributed by atoms with Gasteiger partial charge in [0.05, 0.1) is 13.2 Å². The molecular formula is C18H25NO6. The zero-order chi connectivity index (χ0) is 18.0. The lowest BCUT2D eigenvalue weighted by Gasteiger charge is -2.41. The molecule has 1 aromatic carbocycles. The van der Waals surface area contributed by atoms with E-state index >= 15 is 0 Å². The third-order valence-corrected chi connectivity index (χ3v) is 4.29. The van der Waals surface area contributed by atoms with Gasteiger partial charge in [-0.3, -0.25) is 4.79 Å². The molecule has 0 bridgehead atoms.